The van der Waals surface area contributed by atoms with Crippen molar-refractivity contribution in [2.45, 2.75) is 39.8 Å². The fourth-order valence-electron chi connectivity index (χ4n) is 1.62. The van der Waals surface area contributed by atoms with Gasteiger partial charge in [0.1, 0.15) is 0 Å². The van der Waals surface area contributed by atoms with Crippen LogP contribution in [0.25, 0.3) is 0 Å². The highest BCUT2D eigenvalue weighted by Gasteiger charge is 2.06. The van der Waals surface area contributed by atoms with Crippen molar-refractivity contribution >= 4 is 0 Å². The van der Waals surface area contributed by atoms with E-state index in [9.17, 15) is 0 Å². The van der Waals surface area contributed by atoms with E-state index >= 15 is 0 Å². The third-order valence-corrected chi connectivity index (χ3v) is 2.66. The lowest BCUT2D eigenvalue weighted by molar-refractivity contribution is 0.223. The number of hydrogen-bond donors (Lipinski definition) is 1. The molecule has 0 radical (unpaired) electrons. The van der Waals surface area contributed by atoms with Crippen molar-refractivity contribution in [2.24, 2.45) is 0 Å². The summed E-state index contributed by atoms with van der Waals surface area (Å²) in [4.78, 5) is 2.29. The third kappa shape index (κ3) is 3.94. The number of nitrogens with zero attached hydrogens (tertiary/aromatic N) is 3. The maximum atomic E-state index is 8.81. The monoisotopic (exact) mass is 225 g/mol. The van der Waals surface area contributed by atoms with E-state index < -0.39 is 0 Å². The number of hydrogen-bond acceptors (Lipinski definition) is 3. The van der Waals surface area contributed by atoms with Gasteiger partial charge >= 0.3 is 0 Å². The maximum Gasteiger partial charge on any atom is 0.0764 e. The first-order valence-electron chi connectivity index (χ1n) is 6.04. The number of aliphatic hydroxyl groups excluding tert-OH is 1. The molecule has 4 heteroatoms. The summed E-state index contributed by atoms with van der Waals surface area (Å²) in [6, 6.07) is 2.49. The molecular formula is C12H23N3O. The molecule has 0 saturated carbocycles. The van der Waals surface area contributed by atoms with Crippen molar-refractivity contribution in [3.63, 3.8) is 0 Å². The molecule has 0 aliphatic heterocycles. The van der Waals surface area contributed by atoms with Gasteiger partial charge in [-0.05, 0) is 32.9 Å². The number of aromatic nitrogens is 2. The highest BCUT2D eigenvalue weighted by molar-refractivity contribution is 4.99. The summed E-state index contributed by atoms with van der Waals surface area (Å²) in [6.45, 7) is 9.44. The molecule has 1 rings (SSSR count). The van der Waals surface area contributed by atoms with Crippen molar-refractivity contribution in [1.82, 2.24) is 14.7 Å². The van der Waals surface area contributed by atoms with Gasteiger partial charge in [-0.3, -0.25) is 9.58 Å². The summed E-state index contributed by atoms with van der Waals surface area (Å²) in [7, 11) is 0. The molecule has 0 amide bonds. The summed E-state index contributed by atoms with van der Waals surface area (Å²) in [5, 5.41) is 13.3. The topological polar surface area (TPSA) is 41.3 Å². The molecule has 16 heavy (non-hydrogen) atoms. The normalized spacial score (nSPS) is 11.6. The number of aliphatic hydroxyl groups is 1. The van der Waals surface area contributed by atoms with Gasteiger partial charge in [-0.2, -0.15) is 5.10 Å². The average Bonchev–Trinajstić information content (AvgIpc) is 2.72. The van der Waals surface area contributed by atoms with Gasteiger partial charge in [0.25, 0.3) is 0 Å². The quantitative estimate of drug-likeness (QED) is 0.767. The van der Waals surface area contributed by atoms with Crippen LogP contribution in [-0.4, -0.2) is 39.5 Å². The summed E-state index contributed by atoms with van der Waals surface area (Å²) in [5.41, 5.74) is 1.11. The van der Waals surface area contributed by atoms with E-state index in [0.717, 1.165) is 31.7 Å². The van der Waals surface area contributed by atoms with Gasteiger partial charge < -0.3 is 5.11 Å². The maximum absolute atomic E-state index is 8.81. The molecule has 0 atom stereocenters. The van der Waals surface area contributed by atoms with Crippen LogP contribution in [0.15, 0.2) is 12.3 Å². The minimum atomic E-state index is 0.261. The van der Waals surface area contributed by atoms with E-state index in [4.69, 9.17) is 5.11 Å². The van der Waals surface area contributed by atoms with Gasteiger partial charge in [0.2, 0.25) is 0 Å². The lowest BCUT2D eigenvalue weighted by Crippen LogP contribution is -2.25. The van der Waals surface area contributed by atoms with Gasteiger partial charge in [0, 0.05) is 31.9 Å². The highest BCUT2D eigenvalue weighted by atomic mass is 16.3. The zero-order chi connectivity index (χ0) is 12.0. The molecule has 1 aromatic rings. The van der Waals surface area contributed by atoms with Crippen LogP contribution >= 0.6 is 0 Å². The molecule has 0 aromatic carbocycles. The summed E-state index contributed by atoms with van der Waals surface area (Å²) in [5.74, 6) is 0. The van der Waals surface area contributed by atoms with Crippen molar-refractivity contribution < 1.29 is 5.11 Å². The molecule has 1 N–H and O–H groups in total. The largest absolute Gasteiger partial charge is 0.396 e. The van der Waals surface area contributed by atoms with Crippen LogP contribution in [0.4, 0.5) is 0 Å². The molecule has 0 unspecified atom stereocenters. The second kappa shape index (κ2) is 6.66. The van der Waals surface area contributed by atoms with Crippen molar-refractivity contribution in [3.05, 3.63) is 18.0 Å². The smallest absolute Gasteiger partial charge is 0.0764 e. The van der Waals surface area contributed by atoms with Crippen LogP contribution < -0.4 is 0 Å². The molecule has 1 aromatic heterocycles. The van der Waals surface area contributed by atoms with Crippen molar-refractivity contribution in [1.29, 1.82) is 0 Å². The lowest BCUT2D eigenvalue weighted by atomic mass is 10.3. The van der Waals surface area contributed by atoms with E-state index in [1.165, 1.54) is 0 Å². The molecule has 0 bridgehead atoms. The van der Waals surface area contributed by atoms with E-state index in [0.29, 0.717) is 6.04 Å². The van der Waals surface area contributed by atoms with Gasteiger partial charge in [-0.1, -0.05) is 6.92 Å². The van der Waals surface area contributed by atoms with Crippen LogP contribution in [0, 0.1) is 0 Å². The fraction of sp³-hybridized carbons (Fsp3) is 0.750. The molecule has 0 aliphatic rings. The van der Waals surface area contributed by atoms with Gasteiger partial charge in [0.15, 0.2) is 0 Å². The first kappa shape index (κ1) is 13.2. The highest BCUT2D eigenvalue weighted by Crippen LogP contribution is 2.07. The van der Waals surface area contributed by atoms with Crippen LogP contribution in [0.1, 0.15) is 38.9 Å². The first-order chi connectivity index (χ1) is 7.67. The Balaban J connectivity index is 2.49. The second-order valence-electron chi connectivity index (χ2n) is 4.33. The summed E-state index contributed by atoms with van der Waals surface area (Å²) < 4.78 is 1.98. The number of rotatable bonds is 7. The minimum absolute atomic E-state index is 0.261. The van der Waals surface area contributed by atoms with E-state index in [1.54, 1.807) is 0 Å². The van der Waals surface area contributed by atoms with Gasteiger partial charge in [-0.25, -0.2) is 0 Å². The Bertz CT molecular complexity index is 296. The molecule has 1 heterocycles. The molecule has 4 nitrogen and oxygen atoms in total. The molecule has 0 fully saturated rings. The van der Waals surface area contributed by atoms with E-state index in [1.807, 2.05) is 10.9 Å². The Hall–Kier alpha value is -0.870. The second-order valence-corrected chi connectivity index (χ2v) is 4.33. The fourth-order valence-corrected chi connectivity index (χ4v) is 1.62. The van der Waals surface area contributed by atoms with Crippen LogP contribution in [-0.2, 0) is 6.54 Å². The molecule has 0 saturated heterocycles. The predicted molar refractivity (Wildman–Crippen MR) is 65.3 cm³/mol. The van der Waals surface area contributed by atoms with Crippen molar-refractivity contribution in [3.8, 4) is 0 Å². The summed E-state index contributed by atoms with van der Waals surface area (Å²) >= 11 is 0. The van der Waals surface area contributed by atoms with E-state index in [2.05, 4.69) is 36.8 Å². The zero-order valence-corrected chi connectivity index (χ0v) is 10.6. The van der Waals surface area contributed by atoms with Gasteiger partial charge in [0.05, 0.1) is 5.69 Å². The average molecular weight is 225 g/mol. The van der Waals surface area contributed by atoms with Crippen molar-refractivity contribution in [2.75, 3.05) is 19.7 Å². The van der Waals surface area contributed by atoms with E-state index in [-0.39, 0.29) is 6.61 Å². The van der Waals surface area contributed by atoms with Crippen LogP contribution in [0.5, 0.6) is 0 Å². The summed E-state index contributed by atoms with van der Waals surface area (Å²) in [6.07, 6.45) is 2.86. The molecule has 92 valence electrons. The lowest BCUT2D eigenvalue weighted by Gasteiger charge is -2.18. The zero-order valence-electron chi connectivity index (χ0n) is 10.6. The Kier molecular flexibility index (Phi) is 5.49. The Morgan fingerprint density at radius 3 is 2.75 bits per heavy atom. The Morgan fingerprint density at radius 1 is 1.50 bits per heavy atom. The standard InChI is InChI=1S/C12H23N3O/c1-4-14(7-5-9-16)10-12-6-8-15(13-12)11(2)3/h6,8,11,16H,4-5,7,9-10H2,1-3H3. The molecular weight excluding hydrogens is 202 g/mol. The Labute approximate surface area is 97.9 Å². The minimum Gasteiger partial charge on any atom is -0.396 e. The SMILES string of the molecule is CCN(CCCO)Cc1ccn(C(C)C)n1. The molecule has 0 spiro atoms. The van der Waals surface area contributed by atoms with Crippen LogP contribution in [0.3, 0.4) is 0 Å². The van der Waals surface area contributed by atoms with Crippen LogP contribution in [0.2, 0.25) is 0 Å². The van der Waals surface area contributed by atoms with Gasteiger partial charge in [-0.15, -0.1) is 0 Å². The first-order valence-corrected chi connectivity index (χ1v) is 6.04. The predicted octanol–water partition coefficient (Wildman–Crippen LogP) is 1.67. The molecule has 0 aliphatic carbocycles. The third-order valence-electron chi connectivity index (χ3n) is 2.66. The Morgan fingerprint density at radius 2 is 2.25 bits per heavy atom.